The molecule has 1 N–H and O–H groups in total. The topological polar surface area (TPSA) is 93.1 Å². The highest BCUT2D eigenvalue weighted by molar-refractivity contribution is 6.07. The van der Waals surface area contributed by atoms with Crippen LogP contribution in [0.25, 0.3) is 0 Å². The van der Waals surface area contributed by atoms with Crippen molar-refractivity contribution in [2.45, 2.75) is 45.9 Å². The molecular weight excluding hydrogens is 407 g/mol. The number of hydrogen-bond acceptors (Lipinski definition) is 5. The summed E-state index contributed by atoms with van der Waals surface area (Å²) >= 11 is 0. The normalized spacial score (nSPS) is 13.7. The number of aliphatic carboxylic acids is 1. The van der Waals surface area contributed by atoms with E-state index in [-0.39, 0.29) is 48.4 Å². The number of carboxylic acids is 1. The number of benzene rings is 1. The zero-order chi connectivity index (χ0) is 22.8. The van der Waals surface area contributed by atoms with E-state index >= 15 is 0 Å². The Morgan fingerprint density at radius 1 is 1.30 bits per heavy atom. The number of fused-ring (bicyclic) bond motifs is 1. The van der Waals surface area contributed by atoms with E-state index in [4.69, 9.17) is 14.6 Å². The molecule has 1 aromatic rings. The van der Waals surface area contributed by atoms with Crippen molar-refractivity contribution in [3.63, 3.8) is 0 Å². The molecule has 10 heteroatoms. The Labute approximate surface area is 171 Å². The van der Waals surface area contributed by atoms with Crippen LogP contribution in [0.3, 0.4) is 0 Å². The first-order valence-corrected chi connectivity index (χ1v) is 9.01. The number of methoxy groups -OCH3 is 1. The van der Waals surface area contributed by atoms with Gasteiger partial charge in [0.25, 0.3) is 0 Å². The van der Waals surface area contributed by atoms with Gasteiger partial charge in [-0.1, -0.05) is 11.6 Å². The average Bonchev–Trinajstić information content (AvgIpc) is 3.04. The SMILES string of the molecule is COc1c(C)c2c(c(N(C)C(=O)C(F)(F)F)c1C/C=C(\C)CCC(=O)O)C(=O)OC2. The predicted octanol–water partition coefficient (Wildman–Crippen LogP) is 3.55. The summed E-state index contributed by atoms with van der Waals surface area (Å²) in [4.78, 5) is 35.4. The van der Waals surface area contributed by atoms with Gasteiger partial charge < -0.3 is 19.5 Å². The minimum atomic E-state index is -5.15. The van der Waals surface area contributed by atoms with Crippen LogP contribution < -0.4 is 9.64 Å². The molecule has 0 fully saturated rings. The van der Waals surface area contributed by atoms with Crippen LogP contribution in [-0.2, 0) is 27.4 Å². The molecule has 164 valence electrons. The molecule has 0 radical (unpaired) electrons. The van der Waals surface area contributed by atoms with Crippen LogP contribution >= 0.6 is 0 Å². The number of cyclic esters (lactones) is 1. The number of esters is 1. The Morgan fingerprint density at radius 2 is 1.93 bits per heavy atom. The van der Waals surface area contributed by atoms with Crippen molar-refractivity contribution in [3.8, 4) is 5.75 Å². The largest absolute Gasteiger partial charge is 0.496 e. The first-order chi connectivity index (χ1) is 13.9. The number of halogens is 3. The first-order valence-electron chi connectivity index (χ1n) is 9.01. The molecule has 1 amide bonds. The molecular formula is C20H22F3NO6. The zero-order valence-corrected chi connectivity index (χ0v) is 17.0. The van der Waals surface area contributed by atoms with E-state index in [9.17, 15) is 27.6 Å². The number of carbonyl (C=O) groups excluding carboxylic acids is 2. The Kier molecular flexibility index (Phi) is 6.79. The maximum atomic E-state index is 13.1. The van der Waals surface area contributed by atoms with Gasteiger partial charge in [0.2, 0.25) is 0 Å². The molecule has 0 bridgehead atoms. The van der Waals surface area contributed by atoms with Gasteiger partial charge in [-0.15, -0.1) is 0 Å². The highest BCUT2D eigenvalue weighted by Crippen LogP contribution is 2.43. The molecule has 0 spiro atoms. The van der Waals surface area contributed by atoms with Crippen LogP contribution in [0.2, 0.25) is 0 Å². The fourth-order valence-electron chi connectivity index (χ4n) is 3.37. The zero-order valence-electron chi connectivity index (χ0n) is 17.0. The van der Waals surface area contributed by atoms with Gasteiger partial charge in [-0.3, -0.25) is 9.59 Å². The molecule has 0 unspecified atom stereocenters. The third-order valence-corrected chi connectivity index (χ3v) is 4.92. The van der Waals surface area contributed by atoms with Crippen LogP contribution in [-0.4, -0.2) is 43.3 Å². The Balaban J connectivity index is 2.67. The summed E-state index contributed by atoms with van der Waals surface area (Å²) in [6.07, 6.45) is -3.33. The second-order valence-corrected chi connectivity index (χ2v) is 6.93. The fraction of sp³-hybridized carbons (Fsp3) is 0.450. The molecule has 7 nitrogen and oxygen atoms in total. The molecule has 30 heavy (non-hydrogen) atoms. The van der Waals surface area contributed by atoms with Crippen LogP contribution in [0, 0.1) is 6.92 Å². The van der Waals surface area contributed by atoms with Gasteiger partial charge in [0.15, 0.2) is 0 Å². The number of amides is 1. The van der Waals surface area contributed by atoms with E-state index in [1.54, 1.807) is 19.9 Å². The van der Waals surface area contributed by atoms with Gasteiger partial charge in [0.1, 0.15) is 12.4 Å². The van der Waals surface area contributed by atoms with Crippen molar-refractivity contribution in [1.29, 1.82) is 0 Å². The number of carbonyl (C=O) groups is 3. The summed E-state index contributed by atoms with van der Waals surface area (Å²) < 4.78 is 49.8. The lowest BCUT2D eigenvalue weighted by atomic mass is 9.92. The minimum Gasteiger partial charge on any atom is -0.496 e. The van der Waals surface area contributed by atoms with Crippen LogP contribution in [0.15, 0.2) is 11.6 Å². The van der Waals surface area contributed by atoms with E-state index in [1.165, 1.54) is 7.11 Å². The summed E-state index contributed by atoms with van der Waals surface area (Å²) in [6.45, 7) is 3.21. The number of allylic oxidation sites excluding steroid dienone is 2. The highest BCUT2D eigenvalue weighted by atomic mass is 19.4. The van der Waals surface area contributed by atoms with Crippen molar-refractivity contribution in [2.75, 3.05) is 19.1 Å². The molecule has 1 heterocycles. The predicted molar refractivity (Wildman–Crippen MR) is 101 cm³/mol. The molecule has 0 atom stereocenters. The third kappa shape index (κ3) is 4.58. The quantitative estimate of drug-likeness (QED) is 0.526. The van der Waals surface area contributed by atoms with Gasteiger partial charge in [0, 0.05) is 24.6 Å². The van der Waals surface area contributed by atoms with Gasteiger partial charge in [0.05, 0.1) is 18.4 Å². The summed E-state index contributed by atoms with van der Waals surface area (Å²) in [5.74, 6) is -3.69. The minimum absolute atomic E-state index is 0.0286. The number of hydrogen-bond donors (Lipinski definition) is 1. The summed E-state index contributed by atoms with van der Waals surface area (Å²) in [5.41, 5.74) is 1.48. The van der Waals surface area contributed by atoms with Gasteiger partial charge in [-0.05, 0) is 32.3 Å². The highest BCUT2D eigenvalue weighted by Gasteiger charge is 2.44. The molecule has 0 aromatic heterocycles. The van der Waals surface area contributed by atoms with Crippen molar-refractivity contribution in [2.24, 2.45) is 0 Å². The second kappa shape index (κ2) is 8.76. The van der Waals surface area contributed by atoms with Crippen molar-refractivity contribution in [1.82, 2.24) is 0 Å². The molecule has 0 saturated heterocycles. The maximum Gasteiger partial charge on any atom is 0.471 e. The number of alkyl halides is 3. The van der Waals surface area contributed by atoms with E-state index in [0.717, 1.165) is 7.05 Å². The molecule has 1 aliphatic rings. The van der Waals surface area contributed by atoms with Gasteiger partial charge in [-0.2, -0.15) is 13.2 Å². The third-order valence-electron chi connectivity index (χ3n) is 4.92. The van der Waals surface area contributed by atoms with Crippen molar-refractivity contribution >= 4 is 23.5 Å². The van der Waals surface area contributed by atoms with Crippen LogP contribution in [0.4, 0.5) is 18.9 Å². The van der Waals surface area contributed by atoms with E-state index < -0.39 is 24.0 Å². The smallest absolute Gasteiger partial charge is 0.471 e. The maximum absolute atomic E-state index is 13.1. The number of carboxylic acid groups (broad SMARTS) is 1. The first kappa shape index (κ1) is 23.2. The monoisotopic (exact) mass is 429 g/mol. The standard InChI is InChI=1S/C20H22F3NO6/c1-10(6-8-14(25)26)5-7-12-16(24(3)19(28)20(21,22)23)15-13(9-30-18(15)27)11(2)17(12)29-4/h5H,6-9H2,1-4H3,(H,25,26)/b10-5+. The van der Waals surface area contributed by atoms with Crippen molar-refractivity contribution < 1.29 is 42.1 Å². The van der Waals surface area contributed by atoms with Crippen LogP contribution in [0.5, 0.6) is 5.75 Å². The lowest BCUT2D eigenvalue weighted by molar-refractivity contribution is -0.170. The molecule has 1 aromatic carbocycles. The van der Waals surface area contributed by atoms with E-state index in [1.807, 2.05) is 0 Å². The number of ether oxygens (including phenoxy) is 2. The molecule has 0 saturated carbocycles. The van der Waals surface area contributed by atoms with Gasteiger partial charge >= 0.3 is 24.0 Å². The van der Waals surface area contributed by atoms with Crippen molar-refractivity contribution in [3.05, 3.63) is 33.9 Å². The van der Waals surface area contributed by atoms with E-state index in [0.29, 0.717) is 21.6 Å². The van der Waals surface area contributed by atoms with E-state index in [2.05, 4.69) is 0 Å². The summed E-state index contributed by atoms with van der Waals surface area (Å²) in [6, 6.07) is 0. The van der Waals surface area contributed by atoms with Crippen LogP contribution in [0.1, 0.15) is 46.8 Å². The summed E-state index contributed by atoms with van der Waals surface area (Å²) in [5, 5.41) is 8.81. The Hall–Kier alpha value is -3.04. The number of anilines is 1. The average molecular weight is 429 g/mol. The molecule has 1 aliphatic heterocycles. The molecule has 0 aliphatic carbocycles. The number of rotatable bonds is 7. The summed E-state index contributed by atoms with van der Waals surface area (Å²) in [7, 11) is 2.28. The lowest BCUT2D eigenvalue weighted by Crippen LogP contribution is -2.39. The van der Waals surface area contributed by atoms with Gasteiger partial charge in [-0.25, -0.2) is 4.79 Å². The fourth-order valence-corrected chi connectivity index (χ4v) is 3.37. The second-order valence-electron chi connectivity index (χ2n) is 6.93. The lowest BCUT2D eigenvalue weighted by Gasteiger charge is -2.26. The Morgan fingerprint density at radius 3 is 2.47 bits per heavy atom. The molecule has 2 rings (SSSR count). The number of nitrogens with zero attached hydrogens (tertiary/aromatic N) is 1. The Bertz CT molecular complexity index is 920.